The maximum atomic E-state index is 12.9. The van der Waals surface area contributed by atoms with E-state index in [0.29, 0.717) is 5.71 Å². The third-order valence-electron chi connectivity index (χ3n) is 3.11. The number of para-hydroxylation sites is 1. The van der Waals surface area contributed by atoms with E-state index in [2.05, 4.69) is 10.5 Å². The Morgan fingerprint density at radius 3 is 2.29 bits per heavy atom. The SMILES string of the molecule is C/C(=N/Nc1ccccc1C(F)(F)F)c1ccccc1C. The molecule has 0 atom stereocenters. The molecule has 1 N–H and O–H groups in total. The molecule has 2 aromatic rings. The minimum Gasteiger partial charge on any atom is -0.278 e. The molecule has 0 radical (unpaired) electrons. The van der Waals surface area contributed by atoms with E-state index < -0.39 is 11.7 Å². The van der Waals surface area contributed by atoms with Crippen molar-refractivity contribution in [2.45, 2.75) is 20.0 Å². The number of halogens is 3. The van der Waals surface area contributed by atoms with Crippen LogP contribution >= 0.6 is 0 Å². The molecular weight excluding hydrogens is 277 g/mol. The van der Waals surface area contributed by atoms with Gasteiger partial charge in [-0.1, -0.05) is 36.4 Å². The van der Waals surface area contributed by atoms with Gasteiger partial charge in [0.1, 0.15) is 0 Å². The van der Waals surface area contributed by atoms with Crippen LogP contribution in [0.1, 0.15) is 23.6 Å². The summed E-state index contributed by atoms with van der Waals surface area (Å²) in [7, 11) is 0. The number of nitrogens with one attached hydrogen (secondary N) is 1. The average Bonchev–Trinajstić information content (AvgIpc) is 2.44. The average molecular weight is 292 g/mol. The van der Waals surface area contributed by atoms with Gasteiger partial charge < -0.3 is 0 Å². The second-order valence-corrected chi connectivity index (χ2v) is 4.67. The van der Waals surface area contributed by atoms with Crippen LogP contribution in [0.15, 0.2) is 53.6 Å². The number of hydrazone groups is 1. The van der Waals surface area contributed by atoms with Crippen molar-refractivity contribution in [2.24, 2.45) is 5.10 Å². The van der Waals surface area contributed by atoms with E-state index in [0.717, 1.165) is 17.2 Å². The van der Waals surface area contributed by atoms with Gasteiger partial charge in [-0.3, -0.25) is 5.43 Å². The molecule has 0 aromatic heterocycles. The molecule has 0 fully saturated rings. The second kappa shape index (κ2) is 5.99. The largest absolute Gasteiger partial charge is 0.418 e. The highest BCUT2D eigenvalue weighted by atomic mass is 19.4. The molecule has 0 heterocycles. The summed E-state index contributed by atoms with van der Waals surface area (Å²) in [4.78, 5) is 0. The smallest absolute Gasteiger partial charge is 0.278 e. The van der Waals surface area contributed by atoms with E-state index in [4.69, 9.17) is 0 Å². The minimum atomic E-state index is -4.41. The number of benzene rings is 2. The quantitative estimate of drug-likeness (QED) is 0.634. The molecule has 0 bridgehead atoms. The number of hydrogen-bond acceptors (Lipinski definition) is 2. The van der Waals surface area contributed by atoms with Gasteiger partial charge in [-0.2, -0.15) is 18.3 Å². The van der Waals surface area contributed by atoms with Crippen LogP contribution in [-0.4, -0.2) is 5.71 Å². The predicted octanol–water partition coefficient (Wildman–Crippen LogP) is 4.85. The molecule has 110 valence electrons. The number of nitrogens with zero attached hydrogens (tertiary/aromatic N) is 1. The van der Waals surface area contributed by atoms with Crippen LogP contribution in [-0.2, 0) is 6.18 Å². The molecule has 0 saturated carbocycles. The van der Waals surface area contributed by atoms with Gasteiger partial charge in [0.05, 0.1) is 17.0 Å². The van der Waals surface area contributed by atoms with Gasteiger partial charge in [0.15, 0.2) is 0 Å². The zero-order valence-electron chi connectivity index (χ0n) is 11.7. The van der Waals surface area contributed by atoms with Crippen LogP contribution in [0.3, 0.4) is 0 Å². The lowest BCUT2D eigenvalue weighted by Crippen LogP contribution is -2.09. The van der Waals surface area contributed by atoms with Crippen LogP contribution in [0.5, 0.6) is 0 Å². The maximum Gasteiger partial charge on any atom is 0.418 e. The van der Waals surface area contributed by atoms with Gasteiger partial charge in [-0.05, 0) is 31.5 Å². The third-order valence-corrected chi connectivity index (χ3v) is 3.11. The lowest BCUT2D eigenvalue weighted by Gasteiger charge is -2.12. The Morgan fingerprint density at radius 1 is 1.00 bits per heavy atom. The van der Waals surface area contributed by atoms with E-state index in [1.54, 1.807) is 6.92 Å². The fourth-order valence-corrected chi connectivity index (χ4v) is 2.01. The molecule has 0 spiro atoms. The molecular formula is C16H15F3N2. The van der Waals surface area contributed by atoms with Crippen molar-refractivity contribution in [3.05, 3.63) is 65.2 Å². The number of hydrogen-bond donors (Lipinski definition) is 1. The van der Waals surface area contributed by atoms with Crippen LogP contribution < -0.4 is 5.43 Å². The van der Waals surface area contributed by atoms with E-state index in [1.807, 2.05) is 31.2 Å². The Hall–Kier alpha value is -2.30. The summed E-state index contributed by atoms with van der Waals surface area (Å²) >= 11 is 0. The topological polar surface area (TPSA) is 24.4 Å². The van der Waals surface area contributed by atoms with Gasteiger partial charge in [-0.25, -0.2) is 0 Å². The molecule has 0 aliphatic carbocycles. The monoisotopic (exact) mass is 292 g/mol. The van der Waals surface area contributed by atoms with E-state index in [9.17, 15) is 13.2 Å². The molecule has 0 aliphatic rings. The van der Waals surface area contributed by atoms with Gasteiger partial charge in [0.2, 0.25) is 0 Å². The zero-order chi connectivity index (χ0) is 15.5. The van der Waals surface area contributed by atoms with Gasteiger partial charge in [0, 0.05) is 5.56 Å². The van der Waals surface area contributed by atoms with Crippen molar-refractivity contribution in [1.82, 2.24) is 0 Å². The Balaban J connectivity index is 2.28. The number of aryl methyl sites for hydroxylation is 1. The summed E-state index contributed by atoms with van der Waals surface area (Å²) in [5, 5.41) is 4.07. The van der Waals surface area contributed by atoms with E-state index in [1.165, 1.54) is 18.2 Å². The number of anilines is 1. The van der Waals surface area contributed by atoms with Crippen molar-refractivity contribution in [1.29, 1.82) is 0 Å². The molecule has 2 rings (SSSR count). The van der Waals surface area contributed by atoms with Crippen molar-refractivity contribution in [3.8, 4) is 0 Å². The molecule has 2 nitrogen and oxygen atoms in total. The standard InChI is InChI=1S/C16H15F3N2/c1-11-7-3-4-8-13(11)12(2)20-21-15-10-6-5-9-14(15)16(17,18)19/h3-10,21H,1-2H3/b20-12-. The summed E-state index contributed by atoms with van der Waals surface area (Å²) < 4.78 is 38.6. The first-order valence-corrected chi connectivity index (χ1v) is 6.42. The van der Waals surface area contributed by atoms with Gasteiger partial charge in [-0.15, -0.1) is 0 Å². The Labute approximate surface area is 121 Å². The normalized spacial score (nSPS) is 12.3. The van der Waals surface area contributed by atoms with Crippen LogP contribution in [0.4, 0.5) is 18.9 Å². The highest BCUT2D eigenvalue weighted by molar-refractivity contribution is 6.00. The fourth-order valence-electron chi connectivity index (χ4n) is 2.01. The molecule has 21 heavy (non-hydrogen) atoms. The second-order valence-electron chi connectivity index (χ2n) is 4.67. The van der Waals surface area contributed by atoms with Crippen molar-refractivity contribution in [3.63, 3.8) is 0 Å². The predicted molar refractivity (Wildman–Crippen MR) is 78.5 cm³/mol. The van der Waals surface area contributed by atoms with Gasteiger partial charge >= 0.3 is 6.18 Å². The number of alkyl halides is 3. The molecule has 0 aliphatic heterocycles. The van der Waals surface area contributed by atoms with Crippen molar-refractivity contribution in [2.75, 3.05) is 5.43 Å². The first kappa shape index (κ1) is 15.1. The third kappa shape index (κ3) is 3.62. The van der Waals surface area contributed by atoms with Crippen LogP contribution in [0, 0.1) is 6.92 Å². The summed E-state index contributed by atoms with van der Waals surface area (Å²) in [5.41, 5.74) is 4.27. The zero-order valence-corrected chi connectivity index (χ0v) is 11.7. The molecule has 0 unspecified atom stereocenters. The first-order valence-electron chi connectivity index (χ1n) is 6.42. The molecule has 5 heteroatoms. The van der Waals surface area contributed by atoms with Crippen molar-refractivity contribution < 1.29 is 13.2 Å². The molecule has 2 aromatic carbocycles. The number of rotatable bonds is 3. The van der Waals surface area contributed by atoms with Crippen molar-refractivity contribution >= 4 is 11.4 Å². The lowest BCUT2D eigenvalue weighted by molar-refractivity contribution is -0.136. The summed E-state index contributed by atoms with van der Waals surface area (Å²) in [6, 6.07) is 12.9. The summed E-state index contributed by atoms with van der Waals surface area (Å²) in [6.07, 6.45) is -4.41. The van der Waals surface area contributed by atoms with E-state index >= 15 is 0 Å². The summed E-state index contributed by atoms with van der Waals surface area (Å²) in [5.74, 6) is 0. The summed E-state index contributed by atoms with van der Waals surface area (Å²) in [6.45, 7) is 3.68. The molecule has 0 amide bonds. The lowest BCUT2D eigenvalue weighted by atomic mass is 10.1. The van der Waals surface area contributed by atoms with Crippen LogP contribution in [0.25, 0.3) is 0 Å². The first-order chi connectivity index (χ1) is 9.89. The van der Waals surface area contributed by atoms with E-state index in [-0.39, 0.29) is 5.69 Å². The Morgan fingerprint density at radius 2 is 1.62 bits per heavy atom. The Kier molecular flexibility index (Phi) is 4.31. The fraction of sp³-hybridized carbons (Fsp3) is 0.188. The van der Waals surface area contributed by atoms with Crippen LogP contribution in [0.2, 0.25) is 0 Å². The maximum absolute atomic E-state index is 12.9. The highest BCUT2D eigenvalue weighted by Crippen LogP contribution is 2.34. The molecule has 0 saturated heterocycles. The minimum absolute atomic E-state index is 0.0575. The highest BCUT2D eigenvalue weighted by Gasteiger charge is 2.33. The Bertz CT molecular complexity index is 661. The van der Waals surface area contributed by atoms with Gasteiger partial charge in [0.25, 0.3) is 0 Å².